The molecule has 4 amide bonds. The Hall–Kier alpha value is -3.58. The first-order valence-corrected chi connectivity index (χ1v) is 11.3. The molecule has 178 valence electrons. The second-order valence-electron chi connectivity index (χ2n) is 7.07. The van der Waals surface area contributed by atoms with Crippen molar-refractivity contribution in [1.29, 1.82) is 0 Å². The third-order valence-electron chi connectivity index (χ3n) is 4.64. The van der Waals surface area contributed by atoms with Gasteiger partial charge in [0.2, 0.25) is 11.8 Å². The molecule has 0 unspecified atom stereocenters. The molecular weight excluding hydrogens is 492 g/mol. The van der Waals surface area contributed by atoms with E-state index in [9.17, 15) is 32.8 Å². The van der Waals surface area contributed by atoms with Gasteiger partial charge in [0, 0.05) is 17.8 Å². The highest BCUT2D eigenvalue weighted by molar-refractivity contribution is 8.18. The van der Waals surface area contributed by atoms with Crippen LogP contribution >= 0.6 is 23.1 Å². The maximum atomic E-state index is 13.5. The number of hydrogen-bond acceptors (Lipinski definition) is 7. The number of primary amides is 1. The molecular formula is C21H17F2N3O6S2. The van der Waals surface area contributed by atoms with Gasteiger partial charge in [-0.1, -0.05) is 6.07 Å². The molecule has 1 saturated heterocycles. The maximum Gasteiger partial charge on any atom is 0.305 e. The van der Waals surface area contributed by atoms with Crippen LogP contribution in [0.15, 0.2) is 34.6 Å². The summed E-state index contributed by atoms with van der Waals surface area (Å²) >= 11 is 1.91. The van der Waals surface area contributed by atoms with Gasteiger partial charge in [-0.15, -0.1) is 11.3 Å². The van der Waals surface area contributed by atoms with Crippen LogP contribution in [-0.2, 0) is 19.2 Å². The average molecular weight is 510 g/mol. The van der Waals surface area contributed by atoms with Crippen molar-refractivity contribution in [3.63, 3.8) is 0 Å². The summed E-state index contributed by atoms with van der Waals surface area (Å²) in [7, 11) is 0. The first-order chi connectivity index (χ1) is 16.0. The molecule has 13 heteroatoms. The first kappa shape index (κ1) is 25.1. The zero-order valence-electron chi connectivity index (χ0n) is 17.2. The molecule has 3 rings (SSSR count). The van der Waals surface area contributed by atoms with Crippen molar-refractivity contribution in [3.8, 4) is 11.1 Å². The number of imide groups is 1. The minimum absolute atomic E-state index is 0.116. The number of aliphatic carboxylic acids is 1. The molecule has 2 aromatic rings. The molecule has 2 heterocycles. The van der Waals surface area contributed by atoms with Crippen LogP contribution in [0, 0.1) is 11.6 Å². The number of thiophene rings is 1. The summed E-state index contributed by atoms with van der Waals surface area (Å²) in [6, 6.07) is 3.73. The Labute approximate surface area is 199 Å². The van der Waals surface area contributed by atoms with Crippen LogP contribution in [0.3, 0.4) is 0 Å². The number of carbonyl (C=O) groups is 5. The van der Waals surface area contributed by atoms with Crippen molar-refractivity contribution < 1.29 is 37.9 Å². The first-order valence-electron chi connectivity index (χ1n) is 9.65. The van der Waals surface area contributed by atoms with E-state index < -0.39 is 53.0 Å². The van der Waals surface area contributed by atoms with Crippen molar-refractivity contribution in [1.82, 2.24) is 10.2 Å². The van der Waals surface area contributed by atoms with Crippen LogP contribution in [0.25, 0.3) is 17.2 Å². The van der Waals surface area contributed by atoms with E-state index in [0.717, 1.165) is 17.0 Å². The lowest BCUT2D eigenvalue weighted by Crippen LogP contribution is -2.46. The lowest BCUT2D eigenvalue weighted by atomic mass is 10.1. The number of nitrogens with one attached hydrogen (secondary N) is 1. The van der Waals surface area contributed by atoms with Gasteiger partial charge in [0.15, 0.2) is 11.6 Å². The zero-order valence-corrected chi connectivity index (χ0v) is 18.9. The second-order valence-corrected chi connectivity index (χ2v) is 9.01. The molecule has 1 fully saturated rings. The highest BCUT2D eigenvalue weighted by atomic mass is 32.2. The number of carbonyl (C=O) groups excluding carboxylic acids is 4. The lowest BCUT2D eigenvalue weighted by molar-refractivity contribution is -0.140. The predicted octanol–water partition coefficient (Wildman–Crippen LogP) is 2.56. The van der Waals surface area contributed by atoms with E-state index >= 15 is 0 Å². The normalized spacial score (nSPS) is 15.6. The van der Waals surface area contributed by atoms with Crippen molar-refractivity contribution in [2.45, 2.75) is 18.9 Å². The summed E-state index contributed by atoms with van der Waals surface area (Å²) in [6.45, 7) is -0.281. The number of benzene rings is 1. The predicted molar refractivity (Wildman–Crippen MR) is 120 cm³/mol. The molecule has 1 aliphatic heterocycles. The quantitative estimate of drug-likeness (QED) is 0.440. The van der Waals surface area contributed by atoms with E-state index in [1.165, 1.54) is 23.5 Å². The Bertz CT molecular complexity index is 1210. The van der Waals surface area contributed by atoms with Gasteiger partial charge in [-0.25, -0.2) is 8.78 Å². The molecule has 1 atom stereocenters. The molecule has 0 aliphatic carbocycles. The topological polar surface area (TPSA) is 147 Å². The standard InChI is InChI=1S/C21H17F2N3O6S2/c22-13-2-1-10(6-14(13)23)11-5-12(33-9-11)7-16-20(31)26(21(32)34-16)4-3-17(27)25-15(19(24)30)8-18(28)29/h1-2,5-7,9,15H,3-4,8H2,(H2,24,30)(H,25,27)(H,28,29)/b16-7-/t15-/m0/s1. The molecule has 1 aromatic carbocycles. The van der Waals surface area contributed by atoms with Gasteiger partial charge in [-0.05, 0) is 52.5 Å². The SMILES string of the molecule is NC(=O)[C@H](CC(=O)O)NC(=O)CCN1C(=O)S/C(=C\c2cc(-c3ccc(F)c(F)c3)cs2)C1=O. The molecule has 34 heavy (non-hydrogen) atoms. The van der Waals surface area contributed by atoms with Crippen molar-refractivity contribution in [2.75, 3.05) is 6.54 Å². The molecule has 9 nitrogen and oxygen atoms in total. The van der Waals surface area contributed by atoms with Crippen molar-refractivity contribution in [3.05, 3.63) is 51.1 Å². The van der Waals surface area contributed by atoms with E-state index in [1.54, 1.807) is 11.4 Å². The Morgan fingerprint density at radius 3 is 2.53 bits per heavy atom. The van der Waals surface area contributed by atoms with E-state index in [1.807, 2.05) is 0 Å². The number of amides is 4. The molecule has 0 spiro atoms. The molecule has 4 N–H and O–H groups in total. The minimum Gasteiger partial charge on any atom is -0.481 e. The number of nitrogens with zero attached hydrogens (tertiary/aromatic N) is 1. The van der Waals surface area contributed by atoms with Gasteiger partial charge in [-0.3, -0.25) is 28.9 Å². The third kappa shape index (κ3) is 6.05. The van der Waals surface area contributed by atoms with E-state index in [2.05, 4.69) is 5.32 Å². The number of thioether (sulfide) groups is 1. The maximum absolute atomic E-state index is 13.5. The fraction of sp³-hybridized carbons (Fsp3) is 0.190. The van der Waals surface area contributed by atoms with Gasteiger partial charge >= 0.3 is 5.97 Å². The smallest absolute Gasteiger partial charge is 0.305 e. The van der Waals surface area contributed by atoms with E-state index in [4.69, 9.17) is 10.8 Å². The van der Waals surface area contributed by atoms with Gasteiger partial charge in [-0.2, -0.15) is 0 Å². The molecule has 0 bridgehead atoms. The lowest BCUT2D eigenvalue weighted by Gasteiger charge is -2.15. The van der Waals surface area contributed by atoms with Crippen LogP contribution in [0.2, 0.25) is 0 Å². The van der Waals surface area contributed by atoms with Gasteiger partial charge in [0.1, 0.15) is 6.04 Å². The number of hydrogen-bond donors (Lipinski definition) is 3. The fourth-order valence-electron chi connectivity index (χ4n) is 2.95. The fourth-order valence-corrected chi connectivity index (χ4v) is 4.73. The van der Waals surface area contributed by atoms with Crippen LogP contribution in [-0.4, -0.2) is 51.5 Å². The van der Waals surface area contributed by atoms with Crippen LogP contribution in [0.5, 0.6) is 0 Å². The van der Waals surface area contributed by atoms with E-state index in [0.29, 0.717) is 27.8 Å². The van der Waals surface area contributed by atoms with Gasteiger partial charge in [0.05, 0.1) is 11.3 Å². The Morgan fingerprint density at radius 1 is 1.15 bits per heavy atom. The number of carboxylic acids is 1. The number of carboxylic acid groups (broad SMARTS) is 1. The Balaban J connectivity index is 1.64. The third-order valence-corrected chi connectivity index (χ3v) is 6.43. The van der Waals surface area contributed by atoms with Gasteiger partial charge < -0.3 is 16.2 Å². The van der Waals surface area contributed by atoms with Crippen LogP contribution < -0.4 is 11.1 Å². The monoisotopic (exact) mass is 509 g/mol. The average Bonchev–Trinajstić information content (AvgIpc) is 3.32. The van der Waals surface area contributed by atoms with Crippen LogP contribution in [0.1, 0.15) is 17.7 Å². The zero-order chi connectivity index (χ0) is 25.0. The summed E-state index contributed by atoms with van der Waals surface area (Å²) in [5.74, 6) is -5.68. The minimum atomic E-state index is -1.41. The molecule has 1 aliphatic rings. The highest BCUT2D eigenvalue weighted by Gasteiger charge is 2.35. The number of halogens is 2. The Morgan fingerprint density at radius 2 is 1.88 bits per heavy atom. The number of rotatable bonds is 9. The van der Waals surface area contributed by atoms with Crippen molar-refractivity contribution >= 4 is 58.1 Å². The molecule has 0 saturated carbocycles. The largest absolute Gasteiger partial charge is 0.481 e. The second kappa shape index (κ2) is 10.6. The van der Waals surface area contributed by atoms with Gasteiger partial charge in [0.25, 0.3) is 11.1 Å². The summed E-state index contributed by atoms with van der Waals surface area (Å²) in [5.41, 5.74) is 6.12. The van der Waals surface area contributed by atoms with Crippen LogP contribution in [0.4, 0.5) is 13.6 Å². The molecule has 1 aromatic heterocycles. The molecule has 0 radical (unpaired) electrons. The summed E-state index contributed by atoms with van der Waals surface area (Å²) in [5, 5.41) is 12.0. The van der Waals surface area contributed by atoms with E-state index in [-0.39, 0.29) is 17.9 Å². The summed E-state index contributed by atoms with van der Waals surface area (Å²) < 4.78 is 26.6. The Kier molecular flexibility index (Phi) is 7.79. The number of nitrogens with two attached hydrogens (primary N) is 1. The highest BCUT2D eigenvalue weighted by Crippen LogP contribution is 2.35. The summed E-state index contributed by atoms with van der Waals surface area (Å²) in [4.78, 5) is 60.5. The summed E-state index contributed by atoms with van der Waals surface area (Å²) in [6.07, 6.45) is 0.432. The van der Waals surface area contributed by atoms with Crippen molar-refractivity contribution in [2.24, 2.45) is 5.73 Å².